The van der Waals surface area contributed by atoms with Crippen molar-refractivity contribution in [2.24, 2.45) is 0 Å². The fraction of sp³-hybridized carbons (Fsp3) is 0.381. The van der Waals surface area contributed by atoms with Crippen LogP contribution in [0.4, 0.5) is 0 Å². The molecule has 0 spiro atoms. The van der Waals surface area contributed by atoms with E-state index in [1.807, 2.05) is 18.2 Å². The monoisotopic (exact) mass is 311 g/mol. The molecule has 0 aliphatic rings. The Morgan fingerprint density at radius 2 is 1.17 bits per heavy atom. The van der Waals surface area contributed by atoms with Gasteiger partial charge in [0.1, 0.15) is 5.75 Å². The third-order valence-electron chi connectivity index (χ3n) is 3.66. The van der Waals surface area contributed by atoms with Crippen molar-refractivity contribution >= 4 is 12.2 Å². The molecule has 2 nitrogen and oxygen atoms in total. The Balaban J connectivity index is 2.43. The Hall–Kier alpha value is -2.09. The first-order valence-corrected chi connectivity index (χ1v) is 8.02. The number of hydrogen-bond donors (Lipinski definition) is 1. The first-order valence-electron chi connectivity index (χ1n) is 8.02. The van der Waals surface area contributed by atoms with Crippen LogP contribution in [0.3, 0.4) is 0 Å². The molecule has 1 aromatic heterocycles. The van der Waals surface area contributed by atoms with Crippen LogP contribution in [-0.4, -0.2) is 5.11 Å². The van der Waals surface area contributed by atoms with Gasteiger partial charge in [0.05, 0.1) is 10.8 Å². The topological polar surface area (TPSA) is 31.5 Å². The van der Waals surface area contributed by atoms with Crippen LogP contribution in [0.1, 0.15) is 64.2 Å². The van der Waals surface area contributed by atoms with Crippen LogP contribution in [0, 0.1) is 0 Å². The maximum atomic E-state index is 9.36. The first-order chi connectivity index (χ1) is 10.6. The number of phenols is 1. The Morgan fingerprint density at radius 1 is 0.739 bits per heavy atom. The third kappa shape index (κ3) is 4.69. The van der Waals surface area contributed by atoms with Crippen molar-refractivity contribution in [3.05, 3.63) is 59.0 Å². The van der Waals surface area contributed by atoms with Crippen LogP contribution in [-0.2, 0) is 10.8 Å². The minimum absolute atomic E-state index is 0.0393. The Labute approximate surface area is 139 Å². The molecule has 0 bridgehead atoms. The second-order valence-corrected chi connectivity index (χ2v) is 8.04. The molecular weight excluding hydrogens is 284 g/mol. The van der Waals surface area contributed by atoms with Crippen molar-refractivity contribution in [1.29, 1.82) is 0 Å². The predicted molar refractivity (Wildman–Crippen MR) is 97.5 cm³/mol. The molecule has 0 atom stereocenters. The summed E-state index contributed by atoms with van der Waals surface area (Å²) in [6, 6.07) is 11.4. The molecule has 23 heavy (non-hydrogen) atoms. The minimum atomic E-state index is -0.0393. The zero-order valence-electron chi connectivity index (χ0n) is 15.0. The highest BCUT2D eigenvalue weighted by Gasteiger charge is 2.33. The summed E-state index contributed by atoms with van der Waals surface area (Å²) >= 11 is 0. The van der Waals surface area contributed by atoms with Gasteiger partial charge in [0.25, 0.3) is 0 Å². The van der Waals surface area contributed by atoms with Crippen molar-refractivity contribution in [2.45, 2.75) is 52.4 Å². The summed E-state index contributed by atoms with van der Waals surface area (Å²) in [6.07, 6.45) is 4.14. The molecule has 122 valence electrons. The molecule has 0 saturated heterocycles. The second-order valence-electron chi connectivity index (χ2n) is 8.04. The van der Waals surface area contributed by atoms with Crippen LogP contribution in [0.5, 0.6) is 5.75 Å². The summed E-state index contributed by atoms with van der Waals surface area (Å²) in [6.45, 7) is 13.0. The van der Waals surface area contributed by atoms with Gasteiger partial charge < -0.3 is 5.11 Å². The molecule has 0 saturated carbocycles. The summed E-state index contributed by atoms with van der Waals surface area (Å²) in [5, 5.41) is 9.36. The van der Waals surface area contributed by atoms with Crippen molar-refractivity contribution in [1.82, 2.24) is 0 Å². The van der Waals surface area contributed by atoms with Gasteiger partial charge in [-0.15, -0.1) is 0 Å². The maximum absolute atomic E-state index is 9.36. The van der Waals surface area contributed by atoms with Crippen LogP contribution in [0.2, 0.25) is 0 Å². The van der Waals surface area contributed by atoms with Gasteiger partial charge in [-0.25, -0.2) is 4.42 Å². The molecule has 0 radical (unpaired) electrons. The van der Waals surface area contributed by atoms with Gasteiger partial charge in [0.15, 0.2) is 0 Å². The first kappa shape index (κ1) is 17.3. The van der Waals surface area contributed by atoms with E-state index in [4.69, 9.17) is 4.42 Å². The van der Waals surface area contributed by atoms with E-state index in [1.165, 1.54) is 0 Å². The highest BCUT2D eigenvalue weighted by molar-refractivity contribution is 5.70. The smallest absolute Gasteiger partial charge is 0.335 e. The number of benzene rings is 1. The van der Waals surface area contributed by atoms with E-state index in [1.54, 1.807) is 12.1 Å². The Kier molecular flexibility index (Phi) is 4.65. The van der Waals surface area contributed by atoms with Gasteiger partial charge in [0, 0.05) is 12.1 Å². The van der Waals surface area contributed by atoms with Gasteiger partial charge >= 0.3 is 11.5 Å². The van der Waals surface area contributed by atoms with E-state index in [2.05, 4.69) is 59.8 Å². The van der Waals surface area contributed by atoms with Crippen molar-refractivity contribution in [3.8, 4) is 5.75 Å². The van der Waals surface area contributed by atoms with E-state index in [0.29, 0.717) is 0 Å². The van der Waals surface area contributed by atoms with E-state index in [-0.39, 0.29) is 16.6 Å². The molecule has 1 aromatic carbocycles. The summed E-state index contributed by atoms with van der Waals surface area (Å²) in [7, 11) is 0. The van der Waals surface area contributed by atoms with Crippen LogP contribution >= 0.6 is 0 Å². The fourth-order valence-corrected chi connectivity index (χ4v) is 2.14. The number of hydrogen-bond acceptors (Lipinski definition) is 1. The average molecular weight is 311 g/mol. The molecule has 0 unspecified atom stereocenters. The lowest BCUT2D eigenvalue weighted by molar-refractivity contribution is 0.328. The van der Waals surface area contributed by atoms with E-state index in [0.717, 1.165) is 22.6 Å². The molecule has 0 aliphatic heterocycles. The molecule has 1 heterocycles. The highest BCUT2D eigenvalue weighted by atomic mass is 16.3. The maximum Gasteiger partial charge on any atom is 0.335 e. The van der Waals surface area contributed by atoms with E-state index >= 15 is 0 Å². The zero-order chi connectivity index (χ0) is 17.3. The number of phenolic OH excluding ortho intramolecular Hbond substituents is 1. The number of aromatic hydroxyl groups is 1. The van der Waals surface area contributed by atoms with Gasteiger partial charge in [-0.05, 0) is 64.8 Å². The lowest BCUT2D eigenvalue weighted by atomic mass is 9.88. The Bertz CT molecular complexity index is 664. The summed E-state index contributed by atoms with van der Waals surface area (Å²) in [5.41, 5.74) is 2.10. The molecule has 2 rings (SSSR count). The summed E-state index contributed by atoms with van der Waals surface area (Å²) in [4.78, 5) is 0. The van der Waals surface area contributed by atoms with Crippen LogP contribution in [0.25, 0.3) is 12.2 Å². The van der Waals surface area contributed by atoms with Crippen molar-refractivity contribution < 1.29 is 9.52 Å². The van der Waals surface area contributed by atoms with Crippen molar-refractivity contribution in [3.63, 3.8) is 0 Å². The zero-order valence-corrected chi connectivity index (χ0v) is 15.0. The molecule has 0 fully saturated rings. The Morgan fingerprint density at radius 3 is 1.61 bits per heavy atom. The average Bonchev–Trinajstić information content (AvgIpc) is 2.44. The largest absolute Gasteiger partial charge is 0.508 e. The quantitative estimate of drug-likeness (QED) is 0.686. The second kappa shape index (κ2) is 6.19. The predicted octanol–water partition coefficient (Wildman–Crippen LogP) is 6.03. The lowest BCUT2D eigenvalue weighted by Gasteiger charge is -2.14. The summed E-state index contributed by atoms with van der Waals surface area (Å²) < 4.78 is 6.15. The third-order valence-corrected chi connectivity index (χ3v) is 3.66. The van der Waals surface area contributed by atoms with Crippen molar-refractivity contribution in [2.75, 3.05) is 0 Å². The van der Waals surface area contributed by atoms with Gasteiger partial charge in [-0.1, -0.05) is 24.3 Å². The molecule has 0 amide bonds. The lowest BCUT2D eigenvalue weighted by Crippen LogP contribution is -2.16. The molecule has 2 aromatic rings. The van der Waals surface area contributed by atoms with E-state index in [9.17, 15) is 5.11 Å². The highest BCUT2D eigenvalue weighted by Crippen LogP contribution is 2.30. The van der Waals surface area contributed by atoms with Gasteiger partial charge in [0.2, 0.25) is 0 Å². The molecular formula is C21H27O2+. The minimum Gasteiger partial charge on any atom is -0.508 e. The van der Waals surface area contributed by atoms with E-state index < -0.39 is 0 Å². The summed E-state index contributed by atoms with van der Waals surface area (Å²) in [5.74, 6) is 2.25. The standard InChI is InChI=1S/C21H26O2/c1-20(2,3)18-13-16(14-19(23-18)21(4,5)6)8-7-15-9-11-17(22)12-10-15/h7-14H,1-6H3/p+1/b8-7+. The van der Waals surface area contributed by atoms with Gasteiger partial charge in [-0.2, -0.15) is 0 Å². The molecule has 1 N–H and O–H groups in total. The van der Waals surface area contributed by atoms with Crippen LogP contribution < -0.4 is 0 Å². The molecule has 0 aliphatic carbocycles. The SMILES string of the molecule is CC(C)(C)c1cc(/C=C/c2ccc(O)cc2)cc(C(C)(C)C)[o+]1. The number of rotatable bonds is 2. The fourth-order valence-electron chi connectivity index (χ4n) is 2.14. The normalized spacial score (nSPS) is 12.8. The van der Waals surface area contributed by atoms with Crippen LogP contribution in [0.15, 0.2) is 40.8 Å². The molecule has 2 heteroatoms. The van der Waals surface area contributed by atoms with Gasteiger partial charge in [-0.3, -0.25) is 0 Å².